The third-order valence-electron chi connectivity index (χ3n) is 3.65. The molecule has 1 aromatic carbocycles. The standard InChI is InChI=1S/C20H25N5O3/c1-14(2)6-5-7-15(3)12-13-21-24-19(26)22-20-25-23-18(28-20)16-8-10-17(27-4)11-9-16/h6-11,13H,5,12H2,1-4H3,(H2,22,24,25,26)/b15-7-,21-13+. The Balaban J connectivity index is 1.80. The van der Waals surface area contributed by atoms with Crippen molar-refractivity contribution in [1.82, 2.24) is 15.6 Å². The van der Waals surface area contributed by atoms with Gasteiger partial charge in [-0.05, 0) is 51.5 Å². The van der Waals surface area contributed by atoms with Crippen LogP contribution in [-0.2, 0) is 0 Å². The van der Waals surface area contributed by atoms with Crippen molar-refractivity contribution in [2.24, 2.45) is 5.10 Å². The summed E-state index contributed by atoms with van der Waals surface area (Å²) in [5, 5.41) is 14.0. The Morgan fingerprint density at radius 3 is 2.61 bits per heavy atom. The van der Waals surface area contributed by atoms with Crippen LogP contribution in [0.4, 0.5) is 10.8 Å². The van der Waals surface area contributed by atoms with E-state index >= 15 is 0 Å². The number of rotatable bonds is 8. The van der Waals surface area contributed by atoms with Crippen molar-refractivity contribution in [3.63, 3.8) is 0 Å². The van der Waals surface area contributed by atoms with Crippen molar-refractivity contribution in [2.75, 3.05) is 12.4 Å². The van der Waals surface area contributed by atoms with Gasteiger partial charge in [-0.2, -0.15) is 5.10 Å². The molecule has 1 aromatic heterocycles. The van der Waals surface area contributed by atoms with Crippen LogP contribution >= 0.6 is 0 Å². The van der Waals surface area contributed by atoms with Crippen LogP contribution in [-0.4, -0.2) is 29.6 Å². The number of urea groups is 1. The van der Waals surface area contributed by atoms with E-state index in [4.69, 9.17) is 9.15 Å². The zero-order valence-corrected chi connectivity index (χ0v) is 16.5. The maximum Gasteiger partial charge on any atom is 0.343 e. The van der Waals surface area contributed by atoms with Crippen molar-refractivity contribution in [3.05, 3.63) is 47.6 Å². The molecule has 1 heterocycles. The lowest BCUT2D eigenvalue weighted by atomic mass is 10.1. The molecule has 0 fully saturated rings. The molecule has 2 amide bonds. The number of carbonyl (C=O) groups is 1. The van der Waals surface area contributed by atoms with E-state index in [2.05, 4.69) is 52.0 Å². The lowest BCUT2D eigenvalue weighted by molar-refractivity contribution is 0.252. The second-order valence-electron chi connectivity index (χ2n) is 6.29. The number of nitrogens with one attached hydrogen (secondary N) is 2. The number of amides is 2. The molecule has 28 heavy (non-hydrogen) atoms. The fourth-order valence-corrected chi connectivity index (χ4v) is 2.12. The highest BCUT2D eigenvalue weighted by Gasteiger charge is 2.10. The second-order valence-corrected chi connectivity index (χ2v) is 6.29. The van der Waals surface area contributed by atoms with E-state index in [0.717, 1.165) is 17.7 Å². The van der Waals surface area contributed by atoms with Gasteiger partial charge in [0.15, 0.2) is 0 Å². The van der Waals surface area contributed by atoms with Gasteiger partial charge in [-0.3, -0.25) is 5.32 Å². The number of anilines is 1. The average molecular weight is 383 g/mol. The minimum absolute atomic E-state index is 0.0173. The molecular formula is C20H25N5O3. The Morgan fingerprint density at radius 2 is 1.93 bits per heavy atom. The normalized spacial score (nSPS) is 11.4. The van der Waals surface area contributed by atoms with Crippen LogP contribution in [0.1, 0.15) is 33.6 Å². The van der Waals surface area contributed by atoms with Gasteiger partial charge in [0.2, 0.25) is 5.89 Å². The predicted molar refractivity (Wildman–Crippen MR) is 109 cm³/mol. The number of ether oxygens (including phenoxy) is 1. The number of hydrogen-bond donors (Lipinski definition) is 2. The highest BCUT2D eigenvalue weighted by Crippen LogP contribution is 2.22. The molecule has 8 heteroatoms. The van der Waals surface area contributed by atoms with E-state index in [1.165, 1.54) is 11.1 Å². The summed E-state index contributed by atoms with van der Waals surface area (Å²) in [6.07, 6.45) is 7.45. The maximum atomic E-state index is 11.8. The molecule has 2 rings (SSSR count). The van der Waals surface area contributed by atoms with E-state index in [0.29, 0.717) is 12.3 Å². The molecule has 2 N–H and O–H groups in total. The summed E-state index contributed by atoms with van der Waals surface area (Å²) >= 11 is 0. The largest absolute Gasteiger partial charge is 0.497 e. The monoisotopic (exact) mass is 383 g/mol. The number of allylic oxidation sites excluding steroid dienone is 4. The minimum Gasteiger partial charge on any atom is -0.497 e. The first-order chi connectivity index (χ1) is 13.5. The molecule has 0 aliphatic carbocycles. The van der Waals surface area contributed by atoms with Crippen LogP contribution in [0.15, 0.2) is 57.1 Å². The van der Waals surface area contributed by atoms with Gasteiger partial charge in [-0.25, -0.2) is 10.2 Å². The highest BCUT2D eigenvalue weighted by molar-refractivity contribution is 5.87. The van der Waals surface area contributed by atoms with E-state index < -0.39 is 6.03 Å². The molecule has 0 aliphatic heterocycles. The van der Waals surface area contributed by atoms with Gasteiger partial charge in [0, 0.05) is 18.2 Å². The molecule has 0 unspecified atom stereocenters. The van der Waals surface area contributed by atoms with Crippen LogP contribution < -0.4 is 15.5 Å². The quantitative estimate of drug-likeness (QED) is 0.396. The van der Waals surface area contributed by atoms with E-state index in [1.807, 2.05) is 6.92 Å². The molecule has 8 nitrogen and oxygen atoms in total. The maximum absolute atomic E-state index is 11.8. The topological polar surface area (TPSA) is 102 Å². The fraction of sp³-hybridized carbons (Fsp3) is 0.300. The van der Waals surface area contributed by atoms with E-state index in [1.54, 1.807) is 37.6 Å². The van der Waals surface area contributed by atoms with Gasteiger partial charge in [0.05, 0.1) is 7.11 Å². The molecule has 2 aromatic rings. The van der Waals surface area contributed by atoms with Crippen molar-refractivity contribution in [1.29, 1.82) is 0 Å². The van der Waals surface area contributed by atoms with Gasteiger partial charge in [0.1, 0.15) is 5.75 Å². The Bertz CT molecular complexity index is 862. The number of nitrogens with zero attached hydrogens (tertiary/aromatic N) is 3. The lowest BCUT2D eigenvalue weighted by Crippen LogP contribution is -2.24. The van der Waals surface area contributed by atoms with Crippen LogP contribution in [0.3, 0.4) is 0 Å². The summed E-state index contributed by atoms with van der Waals surface area (Å²) in [7, 11) is 1.59. The molecule has 0 saturated carbocycles. The summed E-state index contributed by atoms with van der Waals surface area (Å²) in [4.78, 5) is 11.8. The molecule has 0 saturated heterocycles. The lowest BCUT2D eigenvalue weighted by Gasteiger charge is -2.00. The van der Waals surface area contributed by atoms with Gasteiger partial charge in [-0.1, -0.05) is 28.4 Å². The Labute approximate surface area is 164 Å². The van der Waals surface area contributed by atoms with Gasteiger partial charge < -0.3 is 9.15 Å². The Morgan fingerprint density at radius 1 is 1.18 bits per heavy atom. The number of benzene rings is 1. The SMILES string of the molecule is COc1ccc(-c2nnc(NC(=O)N/N=C/C/C(C)=C\CC=C(C)C)o2)cc1. The van der Waals surface area contributed by atoms with Crippen molar-refractivity contribution >= 4 is 18.3 Å². The Kier molecular flexibility index (Phi) is 7.95. The molecule has 0 atom stereocenters. The first-order valence-electron chi connectivity index (χ1n) is 8.83. The first-order valence-corrected chi connectivity index (χ1v) is 8.83. The number of hydrogen-bond acceptors (Lipinski definition) is 6. The number of carbonyl (C=O) groups excluding carboxylic acids is 1. The van der Waals surface area contributed by atoms with Crippen molar-refractivity contribution < 1.29 is 13.9 Å². The van der Waals surface area contributed by atoms with Crippen LogP contribution in [0.5, 0.6) is 5.75 Å². The summed E-state index contributed by atoms with van der Waals surface area (Å²) < 4.78 is 10.5. The van der Waals surface area contributed by atoms with Crippen LogP contribution in [0, 0.1) is 0 Å². The molecule has 0 bridgehead atoms. The summed E-state index contributed by atoms with van der Waals surface area (Å²) in [5.41, 5.74) is 5.53. The molecule has 148 valence electrons. The highest BCUT2D eigenvalue weighted by atomic mass is 16.5. The molecular weight excluding hydrogens is 358 g/mol. The van der Waals surface area contributed by atoms with Crippen LogP contribution in [0.25, 0.3) is 11.5 Å². The smallest absolute Gasteiger partial charge is 0.343 e. The van der Waals surface area contributed by atoms with Gasteiger partial charge in [-0.15, -0.1) is 5.10 Å². The minimum atomic E-state index is -0.563. The third kappa shape index (κ3) is 7.06. The first kappa shape index (κ1) is 20.9. The predicted octanol–water partition coefficient (Wildman–Crippen LogP) is 4.55. The van der Waals surface area contributed by atoms with Crippen molar-refractivity contribution in [3.8, 4) is 17.2 Å². The average Bonchev–Trinajstić information content (AvgIpc) is 3.13. The summed E-state index contributed by atoms with van der Waals surface area (Å²) in [6.45, 7) is 6.15. The Hall–Kier alpha value is -3.42. The molecule has 0 spiro atoms. The van der Waals surface area contributed by atoms with E-state index in [9.17, 15) is 4.79 Å². The summed E-state index contributed by atoms with van der Waals surface area (Å²) in [5.74, 6) is 1.01. The zero-order valence-electron chi connectivity index (χ0n) is 16.5. The van der Waals surface area contributed by atoms with Gasteiger partial charge >= 0.3 is 12.0 Å². The van der Waals surface area contributed by atoms with Gasteiger partial charge in [0.25, 0.3) is 0 Å². The molecule has 0 aliphatic rings. The number of aromatic nitrogens is 2. The summed E-state index contributed by atoms with van der Waals surface area (Å²) in [6, 6.07) is 6.56. The second kappa shape index (κ2) is 10.7. The number of methoxy groups -OCH3 is 1. The van der Waals surface area contributed by atoms with E-state index in [-0.39, 0.29) is 6.01 Å². The molecule has 0 radical (unpaired) electrons. The number of hydrazone groups is 1. The third-order valence-corrected chi connectivity index (χ3v) is 3.65. The fourth-order valence-electron chi connectivity index (χ4n) is 2.12. The zero-order chi connectivity index (χ0) is 20.4. The van der Waals surface area contributed by atoms with Crippen molar-refractivity contribution in [2.45, 2.75) is 33.6 Å². The van der Waals surface area contributed by atoms with Crippen LogP contribution in [0.2, 0.25) is 0 Å².